The standard InChI is InChI=1S/C15H12Br2N2O2S/c16-10-5-7-11(8-6-10)22-9-14(20)18-19-15(21)12-3-1-2-4-13(12)17/h1-8H,9H2,(H,18,20)(H,19,21). The first-order valence-corrected chi connectivity index (χ1v) is 8.85. The van der Waals surface area contributed by atoms with Gasteiger partial charge < -0.3 is 0 Å². The molecule has 0 aliphatic rings. The molecule has 2 amide bonds. The van der Waals surface area contributed by atoms with Crippen molar-refractivity contribution in [3.8, 4) is 0 Å². The third kappa shape index (κ3) is 5.15. The summed E-state index contributed by atoms with van der Waals surface area (Å²) in [6.07, 6.45) is 0. The molecule has 2 aromatic rings. The average molecular weight is 444 g/mol. The van der Waals surface area contributed by atoms with E-state index in [1.165, 1.54) is 11.8 Å². The van der Waals surface area contributed by atoms with E-state index in [-0.39, 0.29) is 17.6 Å². The summed E-state index contributed by atoms with van der Waals surface area (Å²) in [6, 6.07) is 14.7. The number of rotatable bonds is 4. The van der Waals surface area contributed by atoms with Gasteiger partial charge in [-0.2, -0.15) is 0 Å². The van der Waals surface area contributed by atoms with E-state index in [9.17, 15) is 9.59 Å². The SMILES string of the molecule is O=C(CSc1ccc(Br)cc1)NNC(=O)c1ccccc1Br. The molecule has 7 heteroatoms. The van der Waals surface area contributed by atoms with Gasteiger partial charge in [0.05, 0.1) is 11.3 Å². The summed E-state index contributed by atoms with van der Waals surface area (Å²) in [5.74, 6) is -0.416. The topological polar surface area (TPSA) is 58.2 Å². The van der Waals surface area contributed by atoms with Crippen LogP contribution in [0.4, 0.5) is 0 Å². The predicted octanol–water partition coefficient (Wildman–Crippen LogP) is 3.76. The van der Waals surface area contributed by atoms with Gasteiger partial charge in [-0.05, 0) is 52.3 Å². The van der Waals surface area contributed by atoms with Crippen LogP contribution in [-0.4, -0.2) is 17.6 Å². The molecule has 114 valence electrons. The summed E-state index contributed by atoms with van der Waals surface area (Å²) < 4.78 is 1.66. The highest BCUT2D eigenvalue weighted by molar-refractivity contribution is 9.10. The Hall–Kier alpha value is -1.31. The summed E-state index contributed by atoms with van der Waals surface area (Å²) in [5.41, 5.74) is 5.26. The molecule has 0 fully saturated rings. The number of amides is 2. The fraction of sp³-hybridized carbons (Fsp3) is 0.0667. The minimum atomic E-state index is -0.366. The molecule has 2 aromatic carbocycles. The first-order valence-electron chi connectivity index (χ1n) is 6.28. The van der Waals surface area contributed by atoms with Crippen LogP contribution in [0.2, 0.25) is 0 Å². The van der Waals surface area contributed by atoms with Crippen LogP contribution in [0.15, 0.2) is 62.4 Å². The van der Waals surface area contributed by atoms with Crippen molar-refractivity contribution in [2.75, 3.05) is 5.75 Å². The predicted molar refractivity (Wildman–Crippen MR) is 94.6 cm³/mol. The zero-order valence-electron chi connectivity index (χ0n) is 11.3. The highest BCUT2D eigenvalue weighted by Crippen LogP contribution is 2.20. The van der Waals surface area contributed by atoms with Crippen LogP contribution in [0.25, 0.3) is 0 Å². The lowest BCUT2D eigenvalue weighted by molar-refractivity contribution is -0.119. The maximum Gasteiger partial charge on any atom is 0.270 e. The fourth-order valence-electron chi connectivity index (χ4n) is 1.55. The molecule has 0 radical (unpaired) electrons. The van der Waals surface area contributed by atoms with E-state index < -0.39 is 0 Å². The number of hydrogen-bond donors (Lipinski definition) is 2. The van der Waals surface area contributed by atoms with Gasteiger partial charge in [-0.15, -0.1) is 11.8 Å². The summed E-state index contributed by atoms with van der Waals surface area (Å²) in [5, 5.41) is 0. The van der Waals surface area contributed by atoms with Crippen molar-refractivity contribution in [2.24, 2.45) is 0 Å². The Morgan fingerprint density at radius 2 is 1.64 bits per heavy atom. The Kier molecular flexibility index (Phi) is 6.48. The first kappa shape index (κ1) is 17.1. The monoisotopic (exact) mass is 442 g/mol. The Bertz CT molecular complexity index is 677. The van der Waals surface area contributed by atoms with E-state index in [1.54, 1.807) is 18.2 Å². The Labute approximate surface area is 149 Å². The van der Waals surface area contributed by atoms with Crippen LogP contribution in [0.1, 0.15) is 10.4 Å². The molecule has 0 atom stereocenters. The molecular formula is C15H12Br2N2O2S. The van der Waals surface area contributed by atoms with Gasteiger partial charge in [0.25, 0.3) is 5.91 Å². The lowest BCUT2D eigenvalue weighted by Gasteiger charge is -2.08. The van der Waals surface area contributed by atoms with Crippen LogP contribution in [-0.2, 0) is 4.79 Å². The van der Waals surface area contributed by atoms with Gasteiger partial charge in [-0.1, -0.05) is 28.1 Å². The van der Waals surface area contributed by atoms with Crippen molar-refractivity contribution in [3.05, 3.63) is 63.0 Å². The first-order chi connectivity index (χ1) is 10.6. The van der Waals surface area contributed by atoms with Crippen LogP contribution in [0, 0.1) is 0 Å². The number of benzene rings is 2. The molecule has 0 aromatic heterocycles. The Balaban J connectivity index is 1.79. The van der Waals surface area contributed by atoms with Gasteiger partial charge in [-0.25, -0.2) is 0 Å². The minimum absolute atomic E-state index is 0.220. The lowest BCUT2D eigenvalue weighted by atomic mass is 10.2. The normalized spacial score (nSPS) is 10.1. The van der Waals surface area contributed by atoms with Crippen molar-refractivity contribution in [1.82, 2.24) is 10.9 Å². The van der Waals surface area contributed by atoms with E-state index in [0.717, 1.165) is 9.37 Å². The van der Waals surface area contributed by atoms with Crippen molar-refractivity contribution >= 4 is 55.4 Å². The third-order valence-electron chi connectivity index (χ3n) is 2.62. The number of carbonyl (C=O) groups is 2. The molecule has 0 saturated heterocycles. The number of hydrogen-bond acceptors (Lipinski definition) is 3. The summed E-state index contributed by atoms with van der Waals surface area (Å²) >= 11 is 8.04. The molecule has 0 aliphatic carbocycles. The van der Waals surface area contributed by atoms with Gasteiger partial charge in [-0.3, -0.25) is 20.4 Å². The van der Waals surface area contributed by atoms with Gasteiger partial charge in [0.1, 0.15) is 0 Å². The van der Waals surface area contributed by atoms with Crippen LogP contribution >= 0.6 is 43.6 Å². The highest BCUT2D eigenvalue weighted by atomic mass is 79.9. The second kappa shape index (κ2) is 8.36. The minimum Gasteiger partial charge on any atom is -0.272 e. The van der Waals surface area contributed by atoms with E-state index in [2.05, 4.69) is 42.7 Å². The smallest absolute Gasteiger partial charge is 0.270 e. The molecule has 0 heterocycles. The average Bonchev–Trinajstić information content (AvgIpc) is 2.52. The van der Waals surface area contributed by atoms with Crippen LogP contribution < -0.4 is 10.9 Å². The quantitative estimate of drug-likeness (QED) is 0.558. The number of halogens is 2. The Morgan fingerprint density at radius 3 is 2.32 bits per heavy atom. The number of nitrogens with one attached hydrogen (secondary N) is 2. The lowest BCUT2D eigenvalue weighted by Crippen LogP contribution is -2.42. The molecule has 2 rings (SSSR count). The molecule has 22 heavy (non-hydrogen) atoms. The second-order valence-electron chi connectivity index (χ2n) is 4.22. The zero-order valence-corrected chi connectivity index (χ0v) is 15.3. The largest absolute Gasteiger partial charge is 0.272 e. The molecule has 0 unspecified atom stereocenters. The van der Waals surface area contributed by atoms with Crippen molar-refractivity contribution in [1.29, 1.82) is 0 Å². The maximum absolute atomic E-state index is 11.9. The molecule has 4 nitrogen and oxygen atoms in total. The summed E-state index contributed by atoms with van der Waals surface area (Å²) in [6.45, 7) is 0. The number of hydrazine groups is 1. The van der Waals surface area contributed by atoms with E-state index in [4.69, 9.17) is 0 Å². The summed E-state index contributed by atoms with van der Waals surface area (Å²) in [7, 11) is 0. The van der Waals surface area contributed by atoms with Gasteiger partial charge >= 0.3 is 0 Å². The van der Waals surface area contributed by atoms with Crippen LogP contribution in [0.3, 0.4) is 0 Å². The second-order valence-corrected chi connectivity index (χ2v) is 7.04. The third-order valence-corrected chi connectivity index (χ3v) is 4.85. The fourth-order valence-corrected chi connectivity index (χ4v) is 2.98. The molecule has 0 bridgehead atoms. The number of carbonyl (C=O) groups excluding carboxylic acids is 2. The van der Waals surface area contributed by atoms with Gasteiger partial charge in [0, 0.05) is 13.8 Å². The van der Waals surface area contributed by atoms with E-state index in [1.807, 2.05) is 30.3 Å². The number of thioether (sulfide) groups is 1. The van der Waals surface area contributed by atoms with Crippen molar-refractivity contribution in [2.45, 2.75) is 4.90 Å². The van der Waals surface area contributed by atoms with Crippen molar-refractivity contribution in [3.63, 3.8) is 0 Å². The summed E-state index contributed by atoms with van der Waals surface area (Å²) in [4.78, 5) is 24.6. The maximum atomic E-state index is 11.9. The van der Waals surface area contributed by atoms with E-state index >= 15 is 0 Å². The molecular weight excluding hydrogens is 432 g/mol. The zero-order chi connectivity index (χ0) is 15.9. The molecule has 2 N–H and O–H groups in total. The van der Waals surface area contributed by atoms with Gasteiger partial charge in [0.15, 0.2) is 0 Å². The van der Waals surface area contributed by atoms with E-state index in [0.29, 0.717) is 10.0 Å². The van der Waals surface area contributed by atoms with Crippen molar-refractivity contribution < 1.29 is 9.59 Å². The molecule has 0 saturated carbocycles. The Morgan fingerprint density at radius 1 is 0.955 bits per heavy atom. The van der Waals surface area contributed by atoms with Gasteiger partial charge in [0.2, 0.25) is 5.91 Å². The molecule has 0 spiro atoms. The highest BCUT2D eigenvalue weighted by Gasteiger charge is 2.10. The van der Waals surface area contributed by atoms with Crippen LogP contribution in [0.5, 0.6) is 0 Å². The molecule has 0 aliphatic heterocycles.